The molecule has 1 unspecified atom stereocenters. The molecule has 1 fully saturated rings. The van der Waals surface area contributed by atoms with E-state index < -0.39 is 0 Å². The number of methoxy groups -OCH3 is 1. The van der Waals surface area contributed by atoms with Crippen LogP contribution in [0.3, 0.4) is 0 Å². The van der Waals surface area contributed by atoms with Crippen molar-refractivity contribution in [3.8, 4) is 27.6 Å². The van der Waals surface area contributed by atoms with Crippen LogP contribution in [0.25, 0.3) is 32.0 Å². The van der Waals surface area contributed by atoms with E-state index in [2.05, 4.69) is 45.5 Å². The average molecular weight is 536 g/mol. The summed E-state index contributed by atoms with van der Waals surface area (Å²) >= 11 is 1.69. The van der Waals surface area contributed by atoms with Gasteiger partial charge in [0.2, 0.25) is 5.91 Å². The zero-order valence-corrected chi connectivity index (χ0v) is 22.7. The number of aromatic nitrogens is 3. The Balaban J connectivity index is 1.09. The van der Waals surface area contributed by atoms with Gasteiger partial charge in [0.25, 0.3) is 0 Å². The minimum absolute atomic E-state index is 0.0331. The van der Waals surface area contributed by atoms with E-state index in [9.17, 15) is 4.79 Å². The molecule has 1 N–H and O–H groups in total. The van der Waals surface area contributed by atoms with Crippen LogP contribution in [0.2, 0.25) is 0 Å². The smallest absolute Gasteiger partial charge is 0.229 e. The van der Waals surface area contributed by atoms with E-state index in [4.69, 9.17) is 9.72 Å². The van der Waals surface area contributed by atoms with Crippen LogP contribution >= 0.6 is 11.3 Å². The molecule has 39 heavy (non-hydrogen) atoms. The number of rotatable bonds is 6. The maximum atomic E-state index is 13.1. The van der Waals surface area contributed by atoms with Crippen molar-refractivity contribution < 1.29 is 9.53 Å². The Labute approximate surface area is 231 Å². The first-order valence-corrected chi connectivity index (χ1v) is 13.9. The number of ether oxygens (including phenoxy) is 1. The zero-order chi connectivity index (χ0) is 26.8. The summed E-state index contributed by atoms with van der Waals surface area (Å²) < 4.78 is 6.41. The summed E-state index contributed by atoms with van der Waals surface area (Å²) in [6, 6.07) is 26.0. The summed E-state index contributed by atoms with van der Waals surface area (Å²) in [6.07, 6.45) is 1.78. The number of thiazole rings is 1. The highest BCUT2D eigenvalue weighted by atomic mass is 32.1. The summed E-state index contributed by atoms with van der Waals surface area (Å²) in [5.41, 5.74) is 5.87. The van der Waals surface area contributed by atoms with Gasteiger partial charge in [0.05, 0.1) is 28.9 Å². The quantitative estimate of drug-likeness (QED) is 0.264. The lowest BCUT2D eigenvalue weighted by Crippen LogP contribution is -2.41. The Kier molecular flexibility index (Phi) is 6.94. The Morgan fingerprint density at radius 1 is 0.974 bits per heavy atom. The number of carbonyl (C=O) groups is 1. The fraction of sp³-hybridized carbons (Fsp3) is 0.226. The Bertz CT molecular complexity index is 1600. The molecule has 5 aromatic rings. The number of benzene rings is 3. The number of nitrogens with one attached hydrogen (secondary N) is 1. The summed E-state index contributed by atoms with van der Waals surface area (Å²) in [5, 5.41) is 13.0. The standard InChI is InChI=1S/C31H29N5O2S/c1-20-5-14-27-28(18-20)39-31(33-27)22-6-10-24(11-7-22)32-30(37)23-4-3-17-36(19-23)29-16-15-26(34-35-29)21-8-12-25(38-2)13-9-21/h5-16,18,23H,3-4,17,19H2,1-2H3,(H,32,37). The fourth-order valence-corrected chi connectivity index (χ4v) is 5.97. The topological polar surface area (TPSA) is 80.2 Å². The molecule has 1 aliphatic heterocycles. The summed E-state index contributed by atoms with van der Waals surface area (Å²) in [6.45, 7) is 3.57. The van der Waals surface area contributed by atoms with Crippen molar-refractivity contribution in [1.29, 1.82) is 0 Å². The second kappa shape index (κ2) is 10.8. The van der Waals surface area contributed by atoms with Gasteiger partial charge in [-0.05, 0) is 98.1 Å². The van der Waals surface area contributed by atoms with Crippen molar-refractivity contribution in [2.24, 2.45) is 5.92 Å². The number of fused-ring (bicyclic) bond motifs is 1. The molecule has 3 heterocycles. The summed E-state index contributed by atoms with van der Waals surface area (Å²) in [7, 11) is 1.65. The lowest BCUT2D eigenvalue weighted by Gasteiger charge is -2.32. The van der Waals surface area contributed by atoms with Crippen molar-refractivity contribution in [2.45, 2.75) is 19.8 Å². The van der Waals surface area contributed by atoms with Crippen LogP contribution in [0.4, 0.5) is 11.5 Å². The molecule has 0 aliphatic carbocycles. The van der Waals surface area contributed by atoms with E-state index in [1.807, 2.05) is 60.7 Å². The van der Waals surface area contributed by atoms with Gasteiger partial charge in [-0.15, -0.1) is 21.5 Å². The highest BCUT2D eigenvalue weighted by Gasteiger charge is 2.27. The third-order valence-corrected chi connectivity index (χ3v) is 8.16. The van der Waals surface area contributed by atoms with E-state index in [-0.39, 0.29) is 11.8 Å². The number of hydrogen-bond acceptors (Lipinski definition) is 7. The molecule has 0 saturated carbocycles. The van der Waals surface area contributed by atoms with Gasteiger partial charge < -0.3 is 15.0 Å². The molecule has 0 spiro atoms. The van der Waals surface area contributed by atoms with Crippen LogP contribution in [0.15, 0.2) is 78.9 Å². The maximum Gasteiger partial charge on any atom is 0.229 e. The first kappa shape index (κ1) is 25.0. The molecule has 3 aromatic carbocycles. The monoisotopic (exact) mass is 535 g/mol. The third kappa shape index (κ3) is 5.47. The number of piperidine rings is 1. The van der Waals surface area contributed by atoms with Gasteiger partial charge in [0, 0.05) is 29.9 Å². The van der Waals surface area contributed by atoms with Crippen molar-refractivity contribution in [3.05, 3.63) is 84.4 Å². The Morgan fingerprint density at radius 3 is 2.51 bits per heavy atom. The first-order chi connectivity index (χ1) is 19.1. The molecule has 196 valence electrons. The van der Waals surface area contributed by atoms with Gasteiger partial charge in [-0.1, -0.05) is 6.07 Å². The van der Waals surface area contributed by atoms with Crippen LogP contribution in [0, 0.1) is 12.8 Å². The molecule has 6 rings (SSSR count). The molecule has 0 bridgehead atoms. The molecule has 0 radical (unpaired) electrons. The minimum atomic E-state index is -0.117. The Morgan fingerprint density at radius 2 is 1.77 bits per heavy atom. The van der Waals surface area contributed by atoms with Gasteiger partial charge >= 0.3 is 0 Å². The lowest BCUT2D eigenvalue weighted by molar-refractivity contribution is -0.120. The van der Waals surface area contributed by atoms with Crippen LogP contribution in [-0.2, 0) is 4.79 Å². The van der Waals surface area contributed by atoms with E-state index in [1.165, 1.54) is 10.3 Å². The largest absolute Gasteiger partial charge is 0.497 e. The SMILES string of the molecule is COc1ccc(-c2ccc(N3CCCC(C(=O)Nc4ccc(-c5nc6ccc(C)cc6s5)cc4)C3)nn2)cc1. The molecule has 1 saturated heterocycles. The lowest BCUT2D eigenvalue weighted by atomic mass is 9.97. The number of anilines is 2. The third-order valence-electron chi connectivity index (χ3n) is 7.10. The number of hydrogen-bond donors (Lipinski definition) is 1. The molecule has 7 nitrogen and oxygen atoms in total. The van der Waals surface area contributed by atoms with Crippen molar-refractivity contribution in [1.82, 2.24) is 15.2 Å². The normalized spacial score (nSPS) is 15.3. The predicted octanol–water partition coefficient (Wildman–Crippen LogP) is 6.59. The molecule has 2 aromatic heterocycles. The van der Waals surface area contributed by atoms with Crippen molar-refractivity contribution in [3.63, 3.8) is 0 Å². The van der Waals surface area contributed by atoms with Crippen LogP contribution in [0.1, 0.15) is 18.4 Å². The van der Waals surface area contributed by atoms with Crippen molar-refractivity contribution in [2.75, 3.05) is 30.4 Å². The second-order valence-electron chi connectivity index (χ2n) is 9.85. The highest BCUT2D eigenvalue weighted by Crippen LogP contribution is 2.32. The maximum absolute atomic E-state index is 13.1. The van der Waals surface area contributed by atoms with Crippen molar-refractivity contribution >= 4 is 39.0 Å². The molecule has 8 heteroatoms. The van der Waals surface area contributed by atoms with E-state index in [0.717, 1.165) is 64.0 Å². The van der Waals surface area contributed by atoms with Gasteiger partial charge in [-0.2, -0.15) is 0 Å². The highest BCUT2D eigenvalue weighted by molar-refractivity contribution is 7.21. The van der Waals surface area contributed by atoms with E-state index in [1.54, 1.807) is 18.4 Å². The number of nitrogens with zero attached hydrogens (tertiary/aromatic N) is 4. The first-order valence-electron chi connectivity index (χ1n) is 13.1. The Hall–Kier alpha value is -4.30. The second-order valence-corrected chi connectivity index (χ2v) is 10.9. The zero-order valence-electron chi connectivity index (χ0n) is 21.9. The summed E-state index contributed by atoms with van der Waals surface area (Å²) in [5.74, 6) is 1.51. The number of carbonyl (C=O) groups excluding carboxylic acids is 1. The number of aryl methyl sites for hydroxylation is 1. The summed E-state index contributed by atoms with van der Waals surface area (Å²) in [4.78, 5) is 20.1. The van der Waals surface area contributed by atoms with Crippen LogP contribution in [-0.4, -0.2) is 41.3 Å². The molecular formula is C31H29N5O2S. The van der Waals surface area contributed by atoms with Gasteiger partial charge in [0.15, 0.2) is 5.82 Å². The van der Waals surface area contributed by atoms with Gasteiger partial charge in [-0.3, -0.25) is 4.79 Å². The number of amides is 1. The van der Waals surface area contributed by atoms with Gasteiger partial charge in [0.1, 0.15) is 10.8 Å². The van der Waals surface area contributed by atoms with Gasteiger partial charge in [-0.25, -0.2) is 4.98 Å². The molecule has 1 atom stereocenters. The van der Waals surface area contributed by atoms with Crippen LogP contribution in [0.5, 0.6) is 5.75 Å². The molecular weight excluding hydrogens is 506 g/mol. The minimum Gasteiger partial charge on any atom is -0.497 e. The average Bonchev–Trinajstić information content (AvgIpc) is 3.41. The molecule has 1 aliphatic rings. The van der Waals surface area contributed by atoms with E-state index >= 15 is 0 Å². The fourth-order valence-electron chi connectivity index (χ4n) is 4.90. The predicted molar refractivity (Wildman–Crippen MR) is 157 cm³/mol. The van der Waals surface area contributed by atoms with E-state index in [0.29, 0.717) is 6.54 Å². The van der Waals surface area contributed by atoms with Crippen LogP contribution < -0.4 is 15.0 Å². The molecule has 1 amide bonds.